The minimum Gasteiger partial charge on any atom is -0.475 e. The van der Waals surface area contributed by atoms with Crippen molar-refractivity contribution in [2.24, 2.45) is 7.05 Å². The molecule has 6 nitrogen and oxygen atoms in total. The van der Waals surface area contributed by atoms with Crippen LogP contribution in [0.1, 0.15) is 43.6 Å². The van der Waals surface area contributed by atoms with Crippen LogP contribution in [0.25, 0.3) is 11.3 Å². The van der Waals surface area contributed by atoms with E-state index in [0.29, 0.717) is 28.5 Å². The van der Waals surface area contributed by atoms with Crippen molar-refractivity contribution in [3.63, 3.8) is 0 Å². The van der Waals surface area contributed by atoms with Crippen LogP contribution < -0.4 is 10.1 Å². The number of aryl methyl sites for hydroxylation is 1. The Bertz CT molecular complexity index is 1210. The van der Waals surface area contributed by atoms with E-state index in [0.717, 1.165) is 23.4 Å². The third-order valence-electron chi connectivity index (χ3n) is 5.74. The lowest BCUT2D eigenvalue weighted by molar-refractivity contribution is -0.158. The molecule has 1 unspecified atom stereocenters. The molecule has 0 amide bonds. The van der Waals surface area contributed by atoms with E-state index in [4.69, 9.17) is 21.1 Å². The number of esters is 1. The molecule has 36 heavy (non-hydrogen) atoms. The number of benzene rings is 2. The van der Waals surface area contributed by atoms with Gasteiger partial charge in [0.25, 0.3) is 0 Å². The molecule has 1 N–H and O–H groups in total. The van der Waals surface area contributed by atoms with Crippen molar-refractivity contribution in [1.82, 2.24) is 15.1 Å². The second-order valence-corrected chi connectivity index (χ2v) is 9.19. The molecule has 0 aliphatic rings. The van der Waals surface area contributed by atoms with Gasteiger partial charge < -0.3 is 14.8 Å². The first-order chi connectivity index (χ1) is 16.9. The number of likely N-dealkylation sites (N-methyl/N-ethyl adjacent to an activating group) is 1. The molecule has 0 radical (unpaired) electrons. The Morgan fingerprint density at radius 1 is 1.14 bits per heavy atom. The van der Waals surface area contributed by atoms with E-state index in [2.05, 4.69) is 10.4 Å². The summed E-state index contributed by atoms with van der Waals surface area (Å²) in [6.45, 7) is 5.20. The molecule has 3 aromatic rings. The maximum Gasteiger partial charge on any atom is 0.416 e. The number of rotatable bonds is 9. The van der Waals surface area contributed by atoms with E-state index < -0.39 is 23.3 Å². The summed E-state index contributed by atoms with van der Waals surface area (Å²) in [7, 11) is 3.61. The van der Waals surface area contributed by atoms with Gasteiger partial charge in [0.15, 0.2) is 5.60 Å². The third kappa shape index (κ3) is 6.39. The van der Waals surface area contributed by atoms with Gasteiger partial charge in [0.2, 0.25) is 0 Å². The van der Waals surface area contributed by atoms with Crippen LogP contribution in [0.15, 0.2) is 48.5 Å². The van der Waals surface area contributed by atoms with Gasteiger partial charge in [-0.1, -0.05) is 29.8 Å². The molecule has 0 aliphatic heterocycles. The zero-order valence-corrected chi connectivity index (χ0v) is 21.5. The molecule has 1 aromatic heterocycles. The lowest BCUT2D eigenvalue weighted by Gasteiger charge is -2.25. The first kappa shape index (κ1) is 27.5. The Labute approximate surface area is 213 Å². The van der Waals surface area contributed by atoms with Crippen LogP contribution in [0.4, 0.5) is 13.2 Å². The zero-order valence-electron chi connectivity index (χ0n) is 20.7. The smallest absolute Gasteiger partial charge is 0.416 e. The number of aromatic nitrogens is 2. The average molecular weight is 524 g/mol. The maximum atomic E-state index is 12.9. The highest BCUT2D eigenvalue weighted by molar-refractivity contribution is 6.32. The summed E-state index contributed by atoms with van der Waals surface area (Å²) in [4.78, 5) is 12.1. The fourth-order valence-electron chi connectivity index (χ4n) is 3.70. The van der Waals surface area contributed by atoms with Gasteiger partial charge in [-0.3, -0.25) is 4.68 Å². The molecule has 10 heteroatoms. The van der Waals surface area contributed by atoms with Crippen molar-refractivity contribution >= 4 is 17.6 Å². The SMILES string of the molecule is CCOC(=O)C(C)(C)Oc1ccc(C(Cc2cc(-c3ccc(C(F)(F)F)cc3)nn2C)NC)cc1Cl. The number of alkyl halides is 3. The summed E-state index contributed by atoms with van der Waals surface area (Å²) in [5.74, 6) is -0.128. The first-order valence-corrected chi connectivity index (χ1v) is 11.8. The summed E-state index contributed by atoms with van der Waals surface area (Å²) in [6.07, 6.45) is -3.84. The highest BCUT2D eigenvalue weighted by Crippen LogP contribution is 2.33. The number of carbonyl (C=O) groups excluding carboxylic acids is 1. The number of carbonyl (C=O) groups is 1. The summed E-state index contributed by atoms with van der Waals surface area (Å²) < 4.78 is 51.2. The molecule has 1 heterocycles. The van der Waals surface area contributed by atoms with Crippen LogP contribution in [0.3, 0.4) is 0 Å². The van der Waals surface area contributed by atoms with Gasteiger partial charge in [-0.25, -0.2) is 4.79 Å². The fraction of sp³-hybridized carbons (Fsp3) is 0.385. The van der Waals surface area contributed by atoms with Crippen molar-refractivity contribution in [1.29, 1.82) is 0 Å². The van der Waals surface area contributed by atoms with Crippen molar-refractivity contribution in [3.05, 3.63) is 70.4 Å². The molecular weight excluding hydrogens is 495 g/mol. The summed E-state index contributed by atoms with van der Waals surface area (Å²) in [5, 5.41) is 8.08. The number of hydrogen-bond donors (Lipinski definition) is 1. The van der Waals surface area contributed by atoms with Gasteiger partial charge in [-0.05, 0) is 63.7 Å². The molecule has 0 saturated carbocycles. The molecule has 2 aromatic carbocycles. The van der Waals surface area contributed by atoms with Gasteiger partial charge in [0, 0.05) is 30.8 Å². The Balaban J connectivity index is 1.78. The van der Waals surface area contributed by atoms with Gasteiger partial charge in [-0.2, -0.15) is 18.3 Å². The maximum absolute atomic E-state index is 12.9. The van der Waals surface area contributed by atoms with E-state index in [1.54, 1.807) is 44.6 Å². The number of ether oxygens (including phenoxy) is 2. The Morgan fingerprint density at radius 3 is 2.36 bits per heavy atom. The standard InChI is InChI=1S/C26H29ClF3N3O3/c1-6-35-24(34)25(2,3)36-23-12-9-17(13-20(23)27)21(31-4)14-19-15-22(32-33(19)5)16-7-10-18(11-8-16)26(28,29)30/h7-13,15,21,31H,6,14H2,1-5H3. The highest BCUT2D eigenvalue weighted by atomic mass is 35.5. The van der Waals surface area contributed by atoms with E-state index >= 15 is 0 Å². The third-order valence-corrected chi connectivity index (χ3v) is 6.03. The van der Waals surface area contributed by atoms with Crippen LogP contribution in [0.2, 0.25) is 5.02 Å². The van der Waals surface area contributed by atoms with E-state index in [1.165, 1.54) is 12.1 Å². The molecular formula is C26H29ClF3N3O3. The topological polar surface area (TPSA) is 65.4 Å². The minimum absolute atomic E-state index is 0.134. The summed E-state index contributed by atoms with van der Waals surface area (Å²) in [5.41, 5.74) is 1.05. The second kappa shape index (κ2) is 10.9. The summed E-state index contributed by atoms with van der Waals surface area (Å²) in [6, 6.07) is 12.0. The van der Waals surface area contributed by atoms with Crippen LogP contribution in [-0.2, 0) is 29.2 Å². The van der Waals surface area contributed by atoms with Crippen molar-refractivity contribution in [2.45, 2.75) is 45.0 Å². The van der Waals surface area contributed by atoms with Crippen molar-refractivity contribution in [3.8, 4) is 17.0 Å². The Kier molecular flexibility index (Phi) is 8.36. The normalized spacial score (nSPS) is 12.9. The fourth-order valence-corrected chi connectivity index (χ4v) is 3.93. The van der Waals surface area contributed by atoms with Crippen LogP contribution in [0, 0.1) is 0 Å². The second-order valence-electron chi connectivity index (χ2n) is 8.79. The zero-order chi connectivity index (χ0) is 26.7. The van der Waals surface area contributed by atoms with Gasteiger partial charge in [-0.15, -0.1) is 0 Å². The molecule has 3 rings (SSSR count). The first-order valence-electron chi connectivity index (χ1n) is 11.4. The van der Waals surface area contributed by atoms with Gasteiger partial charge in [0.05, 0.1) is 22.9 Å². The Morgan fingerprint density at radius 2 is 1.81 bits per heavy atom. The highest BCUT2D eigenvalue weighted by Gasteiger charge is 2.32. The van der Waals surface area contributed by atoms with Crippen molar-refractivity contribution < 1.29 is 27.4 Å². The number of nitrogens with one attached hydrogen (secondary N) is 1. The predicted molar refractivity (Wildman–Crippen MR) is 132 cm³/mol. The van der Waals surface area contributed by atoms with Crippen molar-refractivity contribution in [2.75, 3.05) is 13.7 Å². The number of nitrogens with zero attached hydrogens (tertiary/aromatic N) is 2. The monoisotopic (exact) mass is 523 g/mol. The lowest BCUT2D eigenvalue weighted by Crippen LogP contribution is -2.39. The molecule has 1 atom stereocenters. The van der Waals surface area contributed by atoms with E-state index in [1.807, 2.05) is 19.2 Å². The summed E-state index contributed by atoms with van der Waals surface area (Å²) >= 11 is 6.48. The van der Waals surface area contributed by atoms with E-state index in [-0.39, 0.29) is 12.6 Å². The van der Waals surface area contributed by atoms with Crippen LogP contribution in [0.5, 0.6) is 5.75 Å². The largest absolute Gasteiger partial charge is 0.475 e. The molecule has 0 fully saturated rings. The van der Waals surface area contributed by atoms with Crippen LogP contribution >= 0.6 is 11.6 Å². The predicted octanol–water partition coefficient (Wildman–Crippen LogP) is 5.98. The van der Waals surface area contributed by atoms with E-state index in [9.17, 15) is 18.0 Å². The molecule has 0 aliphatic carbocycles. The minimum atomic E-state index is -4.38. The number of hydrogen-bond acceptors (Lipinski definition) is 5. The van der Waals surface area contributed by atoms with Gasteiger partial charge in [0.1, 0.15) is 5.75 Å². The average Bonchev–Trinajstić information content (AvgIpc) is 3.18. The lowest BCUT2D eigenvalue weighted by atomic mass is 10.0. The molecule has 0 saturated heterocycles. The molecule has 0 spiro atoms. The molecule has 194 valence electrons. The molecule has 0 bridgehead atoms. The van der Waals surface area contributed by atoms with Crippen LogP contribution in [-0.4, -0.2) is 35.0 Å². The van der Waals surface area contributed by atoms with Gasteiger partial charge >= 0.3 is 12.1 Å². The number of halogens is 4. The Hall–Kier alpha value is -3.04. The quantitative estimate of drug-likeness (QED) is 0.349.